The second kappa shape index (κ2) is 10.2. The molecule has 3 aromatic heterocycles. The van der Waals surface area contributed by atoms with E-state index >= 15 is 0 Å². The van der Waals surface area contributed by atoms with Crippen molar-refractivity contribution in [3.8, 4) is 23.4 Å². The van der Waals surface area contributed by atoms with Crippen LogP contribution in [0.3, 0.4) is 0 Å². The lowest BCUT2D eigenvalue weighted by atomic mass is 10.1. The summed E-state index contributed by atoms with van der Waals surface area (Å²) in [6, 6.07) is 10.8. The van der Waals surface area contributed by atoms with E-state index in [2.05, 4.69) is 41.4 Å². The van der Waals surface area contributed by atoms with Gasteiger partial charge in [-0.25, -0.2) is 38.0 Å². The Bertz CT molecular complexity index is 1880. The van der Waals surface area contributed by atoms with Crippen LogP contribution in [0.25, 0.3) is 22.4 Å². The van der Waals surface area contributed by atoms with Gasteiger partial charge < -0.3 is 14.7 Å². The van der Waals surface area contributed by atoms with E-state index in [4.69, 9.17) is 9.79 Å². The first kappa shape index (κ1) is 25.7. The van der Waals surface area contributed by atoms with E-state index in [-0.39, 0.29) is 11.3 Å². The Labute approximate surface area is 225 Å². The van der Waals surface area contributed by atoms with Gasteiger partial charge in [0.1, 0.15) is 28.5 Å². The molecule has 0 saturated heterocycles. The highest BCUT2D eigenvalue weighted by atomic mass is 31.2. The molecule has 6 rings (SSSR count). The number of aromatic nitrogens is 6. The lowest BCUT2D eigenvalue weighted by Crippen LogP contribution is -2.17. The van der Waals surface area contributed by atoms with Gasteiger partial charge >= 0.3 is 7.82 Å². The van der Waals surface area contributed by atoms with Gasteiger partial charge in [-0.1, -0.05) is 12.0 Å². The molecule has 0 atom stereocenters. The van der Waals surface area contributed by atoms with Crippen molar-refractivity contribution in [3.05, 3.63) is 95.1 Å². The molecule has 40 heavy (non-hydrogen) atoms. The summed E-state index contributed by atoms with van der Waals surface area (Å²) < 4.78 is 44.8. The van der Waals surface area contributed by atoms with Crippen LogP contribution >= 0.6 is 7.82 Å². The summed E-state index contributed by atoms with van der Waals surface area (Å²) in [5.41, 5.74) is 3.12. The first-order chi connectivity index (χ1) is 19.2. The summed E-state index contributed by atoms with van der Waals surface area (Å²) in [5.74, 6) is 5.57. The molecule has 1 aliphatic heterocycles. The van der Waals surface area contributed by atoms with Crippen molar-refractivity contribution >= 4 is 24.7 Å². The Hall–Kier alpha value is -4.60. The second-order valence-electron chi connectivity index (χ2n) is 8.82. The number of halogens is 2. The van der Waals surface area contributed by atoms with Gasteiger partial charge in [0.15, 0.2) is 12.6 Å². The lowest BCUT2D eigenvalue weighted by molar-refractivity contribution is 0.148. The van der Waals surface area contributed by atoms with Crippen molar-refractivity contribution in [3.63, 3.8) is 0 Å². The molecular formula is C26H18F2N7O4P. The molecule has 1 aliphatic rings. The molecule has 0 radical (unpaired) electrons. The molecule has 200 valence electrons. The van der Waals surface area contributed by atoms with Crippen LogP contribution < -0.4 is 4.90 Å². The number of anilines is 1. The van der Waals surface area contributed by atoms with Crippen LogP contribution in [-0.4, -0.2) is 39.5 Å². The van der Waals surface area contributed by atoms with Crippen LogP contribution in [0.4, 0.5) is 14.7 Å². The summed E-state index contributed by atoms with van der Waals surface area (Å²) >= 11 is 0. The summed E-state index contributed by atoms with van der Waals surface area (Å²) in [7, 11) is -4.74. The summed E-state index contributed by atoms with van der Waals surface area (Å²) in [6.07, 6.45) is 4.49. The minimum atomic E-state index is -4.74. The molecule has 0 spiro atoms. The normalized spacial score (nSPS) is 12.8. The van der Waals surface area contributed by atoms with Crippen molar-refractivity contribution < 1.29 is 27.7 Å². The molecular weight excluding hydrogens is 543 g/mol. The molecule has 0 bridgehead atoms. The first-order valence-corrected chi connectivity index (χ1v) is 13.3. The Kier molecular flexibility index (Phi) is 6.53. The van der Waals surface area contributed by atoms with Gasteiger partial charge in [0, 0.05) is 36.4 Å². The van der Waals surface area contributed by atoms with E-state index in [9.17, 15) is 13.3 Å². The lowest BCUT2D eigenvalue weighted by Gasteiger charge is -2.15. The molecule has 0 saturated carbocycles. The molecule has 14 heteroatoms. The highest BCUT2D eigenvalue weighted by Crippen LogP contribution is 2.36. The molecule has 0 unspecified atom stereocenters. The third kappa shape index (κ3) is 5.42. The van der Waals surface area contributed by atoms with Gasteiger partial charge in [-0.3, -0.25) is 4.52 Å². The maximum atomic E-state index is 14.8. The molecule has 4 heterocycles. The standard InChI is InChI=1S/C26H18F2N7O4P/c27-20-3-2-17-13-34(14-19(17)11-20)26-30-8-6-23(33-26)25-29-7-5-21(32-25)4-1-16-9-18-12-31-35(15-39-40(36,37)38)24(18)22(28)10-16/h2-3,5-12H,13-15H2,(H2,36,37,38). The Morgan fingerprint density at radius 3 is 2.65 bits per heavy atom. The Balaban J connectivity index is 1.22. The fourth-order valence-corrected chi connectivity index (χ4v) is 4.56. The maximum Gasteiger partial charge on any atom is 0.471 e. The van der Waals surface area contributed by atoms with Gasteiger partial charge in [0.25, 0.3) is 0 Å². The molecule has 5 aromatic rings. The van der Waals surface area contributed by atoms with Gasteiger partial charge in [-0.2, -0.15) is 5.10 Å². The molecule has 11 nitrogen and oxygen atoms in total. The first-order valence-electron chi connectivity index (χ1n) is 11.8. The third-order valence-electron chi connectivity index (χ3n) is 6.07. The zero-order chi connectivity index (χ0) is 27.9. The van der Waals surface area contributed by atoms with Crippen LogP contribution in [0, 0.1) is 23.5 Å². The number of phosphoric acid groups is 1. The van der Waals surface area contributed by atoms with Crippen LogP contribution in [0.1, 0.15) is 22.4 Å². The van der Waals surface area contributed by atoms with Gasteiger partial charge in [0.05, 0.1) is 6.20 Å². The smallest absolute Gasteiger partial charge is 0.332 e. The SMILES string of the molecule is O=P(O)(O)OCn1ncc2cc(C#Cc3ccnc(-c4ccnc(N5Cc6ccc(F)cc6C5)n4)n3)cc(F)c21. The predicted molar refractivity (Wildman–Crippen MR) is 138 cm³/mol. The second-order valence-corrected chi connectivity index (χ2v) is 10.1. The van der Waals surface area contributed by atoms with Crippen LogP contribution in [-0.2, 0) is 28.9 Å². The fraction of sp³-hybridized carbons (Fsp3) is 0.115. The van der Waals surface area contributed by atoms with Gasteiger partial charge in [-0.15, -0.1) is 0 Å². The minimum Gasteiger partial charge on any atom is -0.332 e. The van der Waals surface area contributed by atoms with E-state index in [1.54, 1.807) is 30.5 Å². The van der Waals surface area contributed by atoms with E-state index < -0.39 is 20.4 Å². The number of benzene rings is 2. The molecule has 2 N–H and O–H groups in total. The minimum absolute atomic E-state index is 0.0223. The number of rotatable bonds is 5. The molecule has 2 aromatic carbocycles. The van der Waals surface area contributed by atoms with Crippen molar-refractivity contribution in [1.82, 2.24) is 29.7 Å². The number of nitrogens with zero attached hydrogens (tertiary/aromatic N) is 7. The molecule has 0 aliphatic carbocycles. The van der Waals surface area contributed by atoms with E-state index in [1.165, 1.54) is 30.6 Å². The van der Waals surface area contributed by atoms with Crippen molar-refractivity contribution in [2.24, 2.45) is 0 Å². The quantitative estimate of drug-likeness (QED) is 0.242. The summed E-state index contributed by atoms with van der Waals surface area (Å²) in [5, 5.41) is 4.30. The van der Waals surface area contributed by atoms with Crippen molar-refractivity contribution in [2.45, 2.75) is 19.8 Å². The average Bonchev–Trinajstić information content (AvgIpc) is 3.55. The highest BCUT2D eigenvalue weighted by molar-refractivity contribution is 7.46. The van der Waals surface area contributed by atoms with E-state index in [0.29, 0.717) is 47.2 Å². The fourth-order valence-electron chi connectivity index (χ4n) is 4.30. The third-order valence-corrected chi connectivity index (χ3v) is 6.52. The largest absolute Gasteiger partial charge is 0.471 e. The predicted octanol–water partition coefficient (Wildman–Crippen LogP) is 3.55. The average molecular weight is 561 g/mol. The van der Waals surface area contributed by atoms with Gasteiger partial charge in [0.2, 0.25) is 5.95 Å². The van der Waals surface area contributed by atoms with Gasteiger partial charge in [-0.05, 0) is 53.4 Å². The van der Waals surface area contributed by atoms with Crippen molar-refractivity contribution in [2.75, 3.05) is 4.90 Å². The number of hydrogen-bond donors (Lipinski definition) is 2. The Morgan fingerprint density at radius 2 is 1.80 bits per heavy atom. The van der Waals surface area contributed by atoms with Crippen LogP contribution in [0.5, 0.6) is 0 Å². The zero-order valence-corrected chi connectivity index (χ0v) is 21.3. The zero-order valence-electron chi connectivity index (χ0n) is 20.4. The number of hydrogen-bond acceptors (Lipinski definition) is 8. The summed E-state index contributed by atoms with van der Waals surface area (Å²) in [4.78, 5) is 37.4. The van der Waals surface area contributed by atoms with E-state index in [1.807, 2.05) is 4.90 Å². The highest BCUT2D eigenvalue weighted by Gasteiger charge is 2.22. The maximum absolute atomic E-state index is 14.8. The molecule has 0 fully saturated rings. The number of fused-ring (bicyclic) bond motifs is 2. The van der Waals surface area contributed by atoms with E-state index in [0.717, 1.165) is 15.8 Å². The molecule has 0 amide bonds. The Morgan fingerprint density at radius 1 is 0.975 bits per heavy atom. The monoisotopic (exact) mass is 561 g/mol. The topological polar surface area (TPSA) is 139 Å². The summed E-state index contributed by atoms with van der Waals surface area (Å²) in [6.45, 7) is 0.425. The van der Waals surface area contributed by atoms with Crippen LogP contribution in [0.2, 0.25) is 0 Å². The van der Waals surface area contributed by atoms with Crippen molar-refractivity contribution in [1.29, 1.82) is 0 Å². The van der Waals surface area contributed by atoms with Crippen LogP contribution in [0.15, 0.2) is 61.1 Å². The number of phosphoric ester groups is 1.